The van der Waals surface area contributed by atoms with Gasteiger partial charge in [0.05, 0.1) is 0 Å². The molecule has 0 bridgehead atoms. The molecule has 1 fully saturated rings. The van der Waals surface area contributed by atoms with Crippen molar-refractivity contribution in [3.63, 3.8) is 0 Å². The summed E-state index contributed by atoms with van der Waals surface area (Å²) in [6, 6.07) is 9.31. The lowest BCUT2D eigenvalue weighted by atomic mass is 9.77. The number of hydrogen-bond acceptors (Lipinski definition) is 1. The first-order valence-corrected chi connectivity index (χ1v) is 6.64. The molecule has 1 unspecified atom stereocenters. The molecule has 0 saturated heterocycles. The molecular formula is C15H23N. The van der Waals surface area contributed by atoms with Crippen LogP contribution in [0.3, 0.4) is 0 Å². The zero-order valence-corrected chi connectivity index (χ0v) is 10.3. The van der Waals surface area contributed by atoms with Crippen molar-refractivity contribution in [3.05, 3.63) is 35.4 Å². The highest BCUT2D eigenvalue weighted by Gasteiger charge is 2.21. The predicted molar refractivity (Wildman–Crippen MR) is 69.6 cm³/mol. The van der Waals surface area contributed by atoms with Gasteiger partial charge in [-0.1, -0.05) is 37.6 Å². The Morgan fingerprint density at radius 1 is 1.31 bits per heavy atom. The second-order valence-corrected chi connectivity index (χ2v) is 5.03. The van der Waals surface area contributed by atoms with Gasteiger partial charge < -0.3 is 5.73 Å². The van der Waals surface area contributed by atoms with Gasteiger partial charge in [0, 0.05) is 6.04 Å². The Kier molecular flexibility index (Phi) is 4.00. The molecule has 1 nitrogen and oxygen atoms in total. The van der Waals surface area contributed by atoms with E-state index in [1.54, 1.807) is 5.56 Å². The first-order chi connectivity index (χ1) is 7.81. The average molecular weight is 217 g/mol. The van der Waals surface area contributed by atoms with E-state index in [1.807, 2.05) is 0 Å². The van der Waals surface area contributed by atoms with Gasteiger partial charge in [-0.15, -0.1) is 0 Å². The lowest BCUT2D eigenvalue weighted by Gasteiger charge is -2.28. The number of nitrogens with two attached hydrogens (primary N) is 1. The summed E-state index contributed by atoms with van der Waals surface area (Å²) in [5, 5.41) is 0. The van der Waals surface area contributed by atoms with E-state index < -0.39 is 0 Å². The number of aryl methyl sites for hydroxylation is 1. The fourth-order valence-corrected chi connectivity index (χ4v) is 2.42. The van der Waals surface area contributed by atoms with Crippen LogP contribution in [0.5, 0.6) is 0 Å². The molecule has 1 aromatic rings. The summed E-state index contributed by atoms with van der Waals surface area (Å²) >= 11 is 0. The van der Waals surface area contributed by atoms with E-state index in [-0.39, 0.29) is 0 Å². The molecule has 0 amide bonds. The number of rotatable bonds is 5. The molecule has 0 aromatic heterocycles. The molecule has 2 N–H and O–H groups in total. The van der Waals surface area contributed by atoms with Crippen LogP contribution in [0.2, 0.25) is 0 Å². The zero-order chi connectivity index (χ0) is 11.4. The van der Waals surface area contributed by atoms with Crippen LogP contribution >= 0.6 is 0 Å². The normalized spacial score (nSPS) is 18.1. The van der Waals surface area contributed by atoms with Gasteiger partial charge in [-0.3, -0.25) is 0 Å². The Morgan fingerprint density at radius 2 is 2.06 bits per heavy atom. The standard InChI is InChI=1S/C15H23N/c1-2-14(16)11-10-13-6-3-4-9-15(13)12-7-5-8-12/h3-4,6,9,12,14H,2,5,7-8,10-11,16H2,1H3. The van der Waals surface area contributed by atoms with Gasteiger partial charge in [0.15, 0.2) is 0 Å². The summed E-state index contributed by atoms with van der Waals surface area (Å²) < 4.78 is 0. The minimum Gasteiger partial charge on any atom is -0.328 e. The Hall–Kier alpha value is -0.820. The van der Waals surface area contributed by atoms with E-state index >= 15 is 0 Å². The highest BCUT2D eigenvalue weighted by atomic mass is 14.6. The van der Waals surface area contributed by atoms with Gasteiger partial charge in [0.2, 0.25) is 0 Å². The van der Waals surface area contributed by atoms with Crippen LogP contribution < -0.4 is 5.73 Å². The molecule has 0 radical (unpaired) electrons. The molecule has 1 saturated carbocycles. The summed E-state index contributed by atoms with van der Waals surface area (Å²) in [4.78, 5) is 0. The lowest BCUT2D eigenvalue weighted by molar-refractivity contribution is 0.416. The van der Waals surface area contributed by atoms with Gasteiger partial charge in [-0.2, -0.15) is 0 Å². The molecule has 0 aliphatic heterocycles. The average Bonchev–Trinajstić information content (AvgIpc) is 2.25. The second kappa shape index (κ2) is 5.49. The highest BCUT2D eigenvalue weighted by Crippen LogP contribution is 2.38. The van der Waals surface area contributed by atoms with Crippen LogP contribution in [-0.2, 0) is 6.42 Å². The van der Waals surface area contributed by atoms with E-state index in [2.05, 4.69) is 31.2 Å². The summed E-state index contributed by atoms with van der Waals surface area (Å²) in [5.41, 5.74) is 9.13. The maximum Gasteiger partial charge on any atom is 0.00393 e. The maximum absolute atomic E-state index is 5.99. The molecule has 16 heavy (non-hydrogen) atoms. The Bertz CT molecular complexity index is 328. The minimum atomic E-state index is 0.370. The van der Waals surface area contributed by atoms with Crippen molar-refractivity contribution in [1.29, 1.82) is 0 Å². The van der Waals surface area contributed by atoms with E-state index in [1.165, 1.54) is 24.8 Å². The molecular weight excluding hydrogens is 194 g/mol. The number of benzene rings is 1. The summed E-state index contributed by atoms with van der Waals surface area (Å²) in [7, 11) is 0. The first kappa shape index (κ1) is 11.7. The van der Waals surface area contributed by atoms with Crippen molar-refractivity contribution >= 4 is 0 Å². The van der Waals surface area contributed by atoms with Crippen LogP contribution in [0.15, 0.2) is 24.3 Å². The van der Waals surface area contributed by atoms with Crippen LogP contribution in [0.4, 0.5) is 0 Å². The van der Waals surface area contributed by atoms with Crippen molar-refractivity contribution in [2.75, 3.05) is 0 Å². The highest BCUT2D eigenvalue weighted by molar-refractivity contribution is 5.31. The summed E-state index contributed by atoms with van der Waals surface area (Å²) in [5.74, 6) is 0.842. The van der Waals surface area contributed by atoms with Crippen molar-refractivity contribution in [1.82, 2.24) is 0 Å². The van der Waals surface area contributed by atoms with Crippen LogP contribution in [0, 0.1) is 0 Å². The molecule has 88 valence electrons. The summed E-state index contributed by atoms with van der Waals surface area (Å²) in [6.45, 7) is 2.17. The predicted octanol–water partition coefficient (Wildman–Crippen LogP) is 3.62. The molecule has 1 aliphatic rings. The van der Waals surface area contributed by atoms with Crippen LogP contribution in [-0.4, -0.2) is 6.04 Å². The number of hydrogen-bond donors (Lipinski definition) is 1. The zero-order valence-electron chi connectivity index (χ0n) is 10.3. The first-order valence-electron chi connectivity index (χ1n) is 6.64. The third kappa shape index (κ3) is 2.65. The quantitative estimate of drug-likeness (QED) is 0.801. The molecule has 0 heterocycles. The molecule has 1 aromatic carbocycles. The largest absolute Gasteiger partial charge is 0.328 e. The molecule has 1 heteroatoms. The smallest absolute Gasteiger partial charge is 0.00393 e. The van der Waals surface area contributed by atoms with E-state index in [0.717, 1.165) is 25.2 Å². The Balaban J connectivity index is 2.01. The second-order valence-electron chi connectivity index (χ2n) is 5.03. The Labute approximate surface area is 99.0 Å². The Morgan fingerprint density at radius 3 is 2.69 bits per heavy atom. The van der Waals surface area contributed by atoms with Gasteiger partial charge in [0.1, 0.15) is 0 Å². The minimum absolute atomic E-state index is 0.370. The van der Waals surface area contributed by atoms with E-state index in [0.29, 0.717) is 6.04 Å². The van der Waals surface area contributed by atoms with Gasteiger partial charge >= 0.3 is 0 Å². The molecule has 2 rings (SSSR count). The van der Waals surface area contributed by atoms with Crippen molar-refractivity contribution in [3.8, 4) is 0 Å². The van der Waals surface area contributed by atoms with Gasteiger partial charge in [0.25, 0.3) is 0 Å². The fraction of sp³-hybridized carbons (Fsp3) is 0.600. The third-order valence-electron chi connectivity index (χ3n) is 3.91. The molecule has 1 aliphatic carbocycles. The SMILES string of the molecule is CCC(N)CCc1ccccc1C1CCC1. The maximum atomic E-state index is 5.99. The van der Waals surface area contributed by atoms with E-state index in [9.17, 15) is 0 Å². The van der Waals surface area contributed by atoms with Gasteiger partial charge in [-0.05, 0) is 49.1 Å². The van der Waals surface area contributed by atoms with Crippen molar-refractivity contribution in [2.45, 2.75) is 57.4 Å². The summed E-state index contributed by atoms with van der Waals surface area (Å²) in [6.07, 6.45) is 7.55. The van der Waals surface area contributed by atoms with Crippen molar-refractivity contribution < 1.29 is 0 Å². The fourth-order valence-electron chi connectivity index (χ4n) is 2.42. The van der Waals surface area contributed by atoms with Crippen molar-refractivity contribution in [2.24, 2.45) is 5.73 Å². The molecule has 1 atom stereocenters. The third-order valence-corrected chi connectivity index (χ3v) is 3.91. The lowest BCUT2D eigenvalue weighted by Crippen LogP contribution is -2.20. The molecule has 0 spiro atoms. The monoisotopic (exact) mass is 217 g/mol. The van der Waals surface area contributed by atoms with Crippen LogP contribution in [0.1, 0.15) is 56.1 Å². The van der Waals surface area contributed by atoms with E-state index in [4.69, 9.17) is 5.73 Å². The topological polar surface area (TPSA) is 26.0 Å². The van der Waals surface area contributed by atoms with Crippen LogP contribution in [0.25, 0.3) is 0 Å². The van der Waals surface area contributed by atoms with Gasteiger partial charge in [-0.25, -0.2) is 0 Å².